The molecule has 0 aromatic heterocycles. The summed E-state index contributed by atoms with van der Waals surface area (Å²) in [5, 5.41) is 9.01. The maximum atomic E-state index is 13.2. The maximum Gasteiger partial charge on any atom is 0.326 e. The molecule has 0 bridgehead atoms. The van der Waals surface area contributed by atoms with Crippen LogP contribution < -0.4 is 0 Å². The first kappa shape index (κ1) is 13.9. The summed E-state index contributed by atoms with van der Waals surface area (Å²) in [5.74, 6) is -3.92. The van der Waals surface area contributed by atoms with Crippen molar-refractivity contribution in [2.45, 2.75) is 18.9 Å². The number of carboxylic acids is 1. The standard InChI is InChI=1S/C12H10BrF2NO3/c13-7-5-9(15)8(14)4-6(7)11(17)16-3-1-2-10(16)12(18)19/h4-5,10H,1-3H2,(H,18,19)/t10-/m0/s1. The monoisotopic (exact) mass is 333 g/mol. The minimum absolute atomic E-state index is 0.0768. The molecular formula is C12H10BrF2NO3. The SMILES string of the molecule is O=C(O)[C@@H]1CCCN1C(=O)c1cc(F)c(F)cc1Br. The third-order valence-corrected chi connectivity index (χ3v) is 3.70. The minimum atomic E-state index is -1.14. The molecule has 1 aliphatic rings. The quantitative estimate of drug-likeness (QED) is 0.845. The van der Waals surface area contributed by atoms with Crippen molar-refractivity contribution in [3.63, 3.8) is 0 Å². The van der Waals surface area contributed by atoms with Gasteiger partial charge in [-0.3, -0.25) is 4.79 Å². The Morgan fingerprint density at radius 1 is 1.32 bits per heavy atom. The lowest BCUT2D eigenvalue weighted by Crippen LogP contribution is -2.40. The van der Waals surface area contributed by atoms with Crippen LogP contribution in [0.5, 0.6) is 0 Å². The summed E-state index contributed by atoms with van der Waals surface area (Å²) in [6, 6.07) is 0.723. The number of carbonyl (C=O) groups excluding carboxylic acids is 1. The van der Waals surface area contributed by atoms with Crippen LogP contribution in [-0.2, 0) is 4.79 Å². The number of hydrogen-bond donors (Lipinski definition) is 1. The second-order valence-corrected chi connectivity index (χ2v) is 5.10. The molecule has 2 rings (SSSR count). The van der Waals surface area contributed by atoms with E-state index in [9.17, 15) is 18.4 Å². The average molecular weight is 334 g/mol. The molecule has 1 saturated heterocycles. The second-order valence-electron chi connectivity index (χ2n) is 4.24. The molecule has 102 valence electrons. The molecule has 1 aliphatic heterocycles. The first-order valence-corrected chi connectivity index (χ1v) is 6.39. The lowest BCUT2D eigenvalue weighted by atomic mass is 10.1. The Hall–Kier alpha value is -1.50. The molecule has 0 saturated carbocycles. The highest BCUT2D eigenvalue weighted by atomic mass is 79.9. The molecular weight excluding hydrogens is 324 g/mol. The van der Waals surface area contributed by atoms with Crippen molar-refractivity contribution < 1.29 is 23.5 Å². The van der Waals surface area contributed by atoms with Gasteiger partial charge in [-0.05, 0) is 40.9 Å². The third kappa shape index (κ3) is 2.60. The van der Waals surface area contributed by atoms with Gasteiger partial charge in [0, 0.05) is 11.0 Å². The van der Waals surface area contributed by atoms with Gasteiger partial charge < -0.3 is 10.0 Å². The molecule has 0 aliphatic carbocycles. The van der Waals surface area contributed by atoms with Crippen LogP contribution >= 0.6 is 15.9 Å². The van der Waals surface area contributed by atoms with Gasteiger partial charge in [0.05, 0.1) is 5.56 Å². The predicted molar refractivity (Wildman–Crippen MR) is 65.8 cm³/mol. The number of hydrogen-bond acceptors (Lipinski definition) is 2. The summed E-state index contributed by atoms with van der Waals surface area (Å²) >= 11 is 2.98. The summed E-state index contributed by atoms with van der Waals surface area (Å²) in [6.07, 6.45) is 0.937. The first-order valence-electron chi connectivity index (χ1n) is 5.60. The lowest BCUT2D eigenvalue weighted by molar-refractivity contribution is -0.141. The Balaban J connectivity index is 2.34. The topological polar surface area (TPSA) is 57.6 Å². The number of likely N-dealkylation sites (tertiary alicyclic amines) is 1. The van der Waals surface area contributed by atoms with Crippen LogP contribution in [0.2, 0.25) is 0 Å². The van der Waals surface area contributed by atoms with Crippen LogP contribution in [0.25, 0.3) is 0 Å². The summed E-state index contributed by atoms with van der Waals surface area (Å²) in [5.41, 5.74) is -0.0768. The molecule has 1 amide bonds. The fourth-order valence-corrected chi connectivity index (χ4v) is 2.59. The van der Waals surface area contributed by atoms with Crippen LogP contribution in [0, 0.1) is 11.6 Å². The van der Waals surface area contributed by atoms with E-state index in [0.717, 1.165) is 12.1 Å². The van der Waals surface area contributed by atoms with Crippen LogP contribution in [0.3, 0.4) is 0 Å². The van der Waals surface area contributed by atoms with E-state index >= 15 is 0 Å². The number of halogens is 3. The Labute approximate surface area is 116 Å². The van der Waals surface area contributed by atoms with Crippen LogP contribution in [0.1, 0.15) is 23.2 Å². The molecule has 1 heterocycles. The van der Waals surface area contributed by atoms with E-state index in [2.05, 4.69) is 15.9 Å². The first-order chi connectivity index (χ1) is 8.91. The molecule has 1 fully saturated rings. The van der Waals surface area contributed by atoms with E-state index in [-0.39, 0.29) is 10.0 Å². The van der Waals surface area contributed by atoms with Crippen LogP contribution in [0.15, 0.2) is 16.6 Å². The van der Waals surface area contributed by atoms with E-state index in [1.54, 1.807) is 0 Å². The fraction of sp³-hybridized carbons (Fsp3) is 0.333. The molecule has 0 radical (unpaired) electrons. The summed E-state index contributed by atoms with van der Waals surface area (Å²) < 4.78 is 26.3. The van der Waals surface area contributed by atoms with E-state index in [1.807, 2.05) is 0 Å². The molecule has 1 aromatic carbocycles. The minimum Gasteiger partial charge on any atom is -0.480 e. The van der Waals surface area contributed by atoms with E-state index in [0.29, 0.717) is 19.4 Å². The van der Waals surface area contributed by atoms with Gasteiger partial charge in [-0.1, -0.05) is 0 Å². The van der Waals surface area contributed by atoms with Crippen LogP contribution in [-0.4, -0.2) is 34.5 Å². The zero-order chi connectivity index (χ0) is 14.2. The highest BCUT2D eigenvalue weighted by Crippen LogP contribution is 2.26. The maximum absolute atomic E-state index is 13.2. The lowest BCUT2D eigenvalue weighted by Gasteiger charge is -2.22. The normalized spacial score (nSPS) is 18.7. The third-order valence-electron chi connectivity index (χ3n) is 3.04. The summed E-state index contributed by atoms with van der Waals surface area (Å²) in [4.78, 5) is 24.4. The Bertz CT molecular complexity index is 550. The van der Waals surface area contributed by atoms with Crippen molar-refractivity contribution in [3.05, 3.63) is 33.8 Å². The van der Waals surface area contributed by atoms with Crippen molar-refractivity contribution in [1.82, 2.24) is 4.90 Å². The van der Waals surface area contributed by atoms with Gasteiger partial charge in [0.2, 0.25) is 0 Å². The number of carboxylic acid groups (broad SMARTS) is 1. The van der Waals surface area contributed by atoms with Crippen molar-refractivity contribution in [1.29, 1.82) is 0 Å². The molecule has 1 N–H and O–H groups in total. The molecule has 1 atom stereocenters. The summed E-state index contributed by atoms with van der Waals surface area (Å²) in [7, 11) is 0. The molecule has 1 aromatic rings. The molecule has 4 nitrogen and oxygen atoms in total. The number of carbonyl (C=O) groups is 2. The Kier molecular flexibility index (Phi) is 3.84. The Morgan fingerprint density at radius 2 is 1.95 bits per heavy atom. The predicted octanol–water partition coefficient (Wildman–Crippen LogP) is 2.42. The average Bonchev–Trinajstić information content (AvgIpc) is 2.82. The highest BCUT2D eigenvalue weighted by Gasteiger charge is 2.35. The van der Waals surface area contributed by atoms with E-state index in [4.69, 9.17) is 5.11 Å². The largest absolute Gasteiger partial charge is 0.480 e. The van der Waals surface area contributed by atoms with E-state index in [1.165, 1.54) is 4.90 Å². The van der Waals surface area contributed by atoms with Gasteiger partial charge >= 0.3 is 5.97 Å². The van der Waals surface area contributed by atoms with Gasteiger partial charge in [0.1, 0.15) is 6.04 Å². The van der Waals surface area contributed by atoms with Crippen molar-refractivity contribution in [3.8, 4) is 0 Å². The highest BCUT2D eigenvalue weighted by molar-refractivity contribution is 9.10. The van der Waals surface area contributed by atoms with Gasteiger partial charge in [-0.2, -0.15) is 0 Å². The van der Waals surface area contributed by atoms with E-state index < -0.39 is 29.6 Å². The number of amides is 1. The molecule has 7 heteroatoms. The number of benzene rings is 1. The smallest absolute Gasteiger partial charge is 0.326 e. The fourth-order valence-electron chi connectivity index (χ4n) is 2.11. The molecule has 19 heavy (non-hydrogen) atoms. The molecule has 0 spiro atoms. The van der Waals surface area contributed by atoms with Crippen molar-refractivity contribution in [2.75, 3.05) is 6.54 Å². The zero-order valence-electron chi connectivity index (χ0n) is 9.70. The van der Waals surface area contributed by atoms with Crippen molar-refractivity contribution in [2.24, 2.45) is 0 Å². The van der Waals surface area contributed by atoms with Crippen LogP contribution in [0.4, 0.5) is 8.78 Å². The molecule has 0 unspecified atom stereocenters. The van der Waals surface area contributed by atoms with Gasteiger partial charge in [-0.25, -0.2) is 13.6 Å². The van der Waals surface area contributed by atoms with Gasteiger partial charge in [0.15, 0.2) is 11.6 Å². The number of nitrogens with zero attached hydrogens (tertiary/aromatic N) is 1. The van der Waals surface area contributed by atoms with Gasteiger partial charge in [0.25, 0.3) is 5.91 Å². The Morgan fingerprint density at radius 3 is 2.58 bits per heavy atom. The van der Waals surface area contributed by atoms with Gasteiger partial charge in [-0.15, -0.1) is 0 Å². The second kappa shape index (κ2) is 5.24. The van der Waals surface area contributed by atoms with Crippen molar-refractivity contribution >= 4 is 27.8 Å². The number of aliphatic carboxylic acids is 1. The summed E-state index contributed by atoms with van der Waals surface area (Å²) in [6.45, 7) is 0.293. The zero-order valence-corrected chi connectivity index (χ0v) is 11.3. The number of rotatable bonds is 2.